The van der Waals surface area contributed by atoms with Crippen LogP contribution in [0.5, 0.6) is 0 Å². The van der Waals surface area contributed by atoms with Gasteiger partial charge in [0.25, 0.3) is 0 Å². The normalized spacial score (nSPS) is 19.5. The van der Waals surface area contributed by atoms with Crippen LogP contribution in [0, 0.1) is 0 Å². The van der Waals surface area contributed by atoms with Crippen LogP contribution in [0.2, 0.25) is 0 Å². The summed E-state index contributed by atoms with van der Waals surface area (Å²) in [5, 5.41) is 7.06. The van der Waals surface area contributed by atoms with Crippen LogP contribution in [0.15, 0.2) is 24.3 Å². The van der Waals surface area contributed by atoms with Gasteiger partial charge in [-0.2, -0.15) is 0 Å². The number of carbonyl (C=O) groups excluding carboxylic acids is 1. The first kappa shape index (κ1) is 12.8. The van der Waals surface area contributed by atoms with E-state index in [1.807, 2.05) is 24.3 Å². The second-order valence-corrected chi connectivity index (χ2v) is 6.69. The average Bonchev–Trinajstić information content (AvgIpc) is 3.10. The minimum absolute atomic E-state index is 0.0403. The number of carbonyl (C=O) groups is 1. The van der Waals surface area contributed by atoms with E-state index in [9.17, 15) is 4.79 Å². The molecular weight excluding hydrogens is 282 g/mol. The highest BCUT2D eigenvalue weighted by atomic mass is 32.1. The van der Waals surface area contributed by atoms with Crippen molar-refractivity contribution in [3.63, 3.8) is 0 Å². The summed E-state index contributed by atoms with van der Waals surface area (Å²) in [6.07, 6.45) is 4.61. The van der Waals surface area contributed by atoms with Crippen molar-refractivity contribution in [2.45, 2.75) is 31.6 Å². The summed E-state index contributed by atoms with van der Waals surface area (Å²) < 4.78 is 0. The second-order valence-electron chi connectivity index (χ2n) is 5.61. The van der Waals surface area contributed by atoms with E-state index in [-0.39, 0.29) is 11.8 Å². The summed E-state index contributed by atoms with van der Waals surface area (Å²) in [4.78, 5) is 18.4. The van der Waals surface area contributed by atoms with Gasteiger partial charge in [-0.3, -0.25) is 4.79 Å². The van der Waals surface area contributed by atoms with Crippen molar-refractivity contribution in [3.05, 3.63) is 40.4 Å². The molecular formula is C16H17N3OS. The number of para-hydroxylation sites is 1. The van der Waals surface area contributed by atoms with E-state index in [0.29, 0.717) is 6.54 Å². The maximum atomic E-state index is 12.5. The molecule has 2 N–H and O–H groups in total. The molecule has 0 radical (unpaired) electrons. The topological polar surface area (TPSA) is 54.0 Å². The second kappa shape index (κ2) is 5.15. The predicted molar refractivity (Wildman–Crippen MR) is 85.1 cm³/mol. The number of anilines is 2. The number of thiazole rings is 1. The molecule has 0 saturated carbocycles. The number of aromatic nitrogens is 1. The highest BCUT2D eigenvalue weighted by molar-refractivity contribution is 7.15. The molecule has 2 aromatic rings. The van der Waals surface area contributed by atoms with Gasteiger partial charge in [-0.25, -0.2) is 4.98 Å². The van der Waals surface area contributed by atoms with Gasteiger partial charge in [-0.05, 0) is 37.3 Å². The maximum absolute atomic E-state index is 12.5. The van der Waals surface area contributed by atoms with Crippen LogP contribution in [0.1, 0.15) is 34.9 Å². The third-order valence-electron chi connectivity index (χ3n) is 4.23. The monoisotopic (exact) mass is 299 g/mol. The molecule has 0 fully saturated rings. The molecule has 5 heteroatoms. The van der Waals surface area contributed by atoms with E-state index in [0.717, 1.165) is 29.2 Å². The van der Waals surface area contributed by atoms with Crippen LogP contribution < -0.4 is 10.6 Å². The van der Waals surface area contributed by atoms with Crippen LogP contribution in [-0.2, 0) is 17.6 Å². The largest absolute Gasteiger partial charge is 0.384 e. The molecule has 0 saturated heterocycles. The lowest BCUT2D eigenvalue weighted by molar-refractivity contribution is -0.117. The van der Waals surface area contributed by atoms with E-state index < -0.39 is 0 Å². The van der Waals surface area contributed by atoms with E-state index in [1.165, 1.54) is 23.4 Å². The number of nitrogens with zero attached hydrogens (tertiary/aromatic N) is 1. The number of hydrogen-bond acceptors (Lipinski definition) is 4. The molecule has 0 bridgehead atoms. The lowest BCUT2D eigenvalue weighted by Gasteiger charge is -2.09. The van der Waals surface area contributed by atoms with E-state index in [2.05, 4.69) is 15.6 Å². The molecule has 21 heavy (non-hydrogen) atoms. The minimum atomic E-state index is -0.123. The Kier molecular flexibility index (Phi) is 3.15. The number of aryl methyl sites for hydroxylation is 2. The Labute approximate surface area is 127 Å². The Morgan fingerprint density at radius 1 is 1.29 bits per heavy atom. The van der Waals surface area contributed by atoms with Crippen molar-refractivity contribution in [2.24, 2.45) is 0 Å². The standard InChI is InChI=1S/C16H17N3OS/c20-15(11-9-17-12-6-2-1-5-10(11)12)19-16-18-13-7-3-4-8-14(13)21-16/h1-2,5-6,11,17H,3-4,7-9H2,(H,18,19,20). The summed E-state index contributed by atoms with van der Waals surface area (Å²) in [7, 11) is 0. The number of rotatable bonds is 2. The van der Waals surface area contributed by atoms with Gasteiger partial charge in [0.1, 0.15) is 0 Å². The van der Waals surface area contributed by atoms with Crippen molar-refractivity contribution < 1.29 is 4.79 Å². The van der Waals surface area contributed by atoms with Gasteiger partial charge >= 0.3 is 0 Å². The average molecular weight is 299 g/mol. The Morgan fingerprint density at radius 2 is 2.14 bits per heavy atom. The summed E-state index contributed by atoms with van der Waals surface area (Å²) in [5.41, 5.74) is 3.33. The van der Waals surface area contributed by atoms with Gasteiger partial charge in [-0.1, -0.05) is 18.2 Å². The molecule has 4 nitrogen and oxygen atoms in total. The van der Waals surface area contributed by atoms with Crippen LogP contribution in [0.4, 0.5) is 10.8 Å². The van der Waals surface area contributed by atoms with Gasteiger partial charge < -0.3 is 10.6 Å². The first-order chi connectivity index (χ1) is 10.3. The molecule has 1 aliphatic heterocycles. The van der Waals surface area contributed by atoms with Crippen LogP contribution in [0.3, 0.4) is 0 Å². The number of amides is 1. The lowest BCUT2D eigenvalue weighted by atomic mass is 10.0. The zero-order chi connectivity index (χ0) is 14.2. The van der Waals surface area contributed by atoms with Crippen LogP contribution in [-0.4, -0.2) is 17.4 Å². The lowest BCUT2D eigenvalue weighted by Crippen LogP contribution is -2.22. The Bertz CT molecular complexity index is 671. The molecule has 1 aliphatic carbocycles. The molecule has 1 amide bonds. The molecule has 1 unspecified atom stereocenters. The van der Waals surface area contributed by atoms with Crippen molar-refractivity contribution in [2.75, 3.05) is 17.2 Å². The number of hydrogen-bond donors (Lipinski definition) is 2. The van der Waals surface area contributed by atoms with Crippen molar-refractivity contribution in [1.29, 1.82) is 0 Å². The Hall–Kier alpha value is -1.88. The highest BCUT2D eigenvalue weighted by Gasteiger charge is 2.29. The SMILES string of the molecule is O=C(Nc1nc2c(s1)CCCC2)C1CNc2ccccc21. The van der Waals surface area contributed by atoms with Gasteiger partial charge in [0.05, 0.1) is 11.6 Å². The molecule has 108 valence electrons. The molecule has 0 spiro atoms. The highest BCUT2D eigenvalue weighted by Crippen LogP contribution is 2.33. The van der Waals surface area contributed by atoms with E-state index in [1.54, 1.807) is 11.3 Å². The maximum Gasteiger partial charge on any atom is 0.235 e. The van der Waals surface area contributed by atoms with Crippen molar-refractivity contribution in [3.8, 4) is 0 Å². The molecule has 1 aromatic carbocycles. The van der Waals surface area contributed by atoms with Gasteiger partial charge in [0.15, 0.2) is 5.13 Å². The summed E-state index contributed by atoms with van der Waals surface area (Å²) in [5.74, 6) is -0.0827. The zero-order valence-corrected chi connectivity index (χ0v) is 12.5. The zero-order valence-electron chi connectivity index (χ0n) is 11.7. The number of benzene rings is 1. The molecule has 1 aromatic heterocycles. The van der Waals surface area contributed by atoms with Crippen LogP contribution >= 0.6 is 11.3 Å². The molecule has 1 atom stereocenters. The summed E-state index contributed by atoms with van der Waals surface area (Å²) >= 11 is 1.64. The van der Waals surface area contributed by atoms with Gasteiger partial charge in [0, 0.05) is 17.1 Å². The molecule has 2 aliphatic rings. The first-order valence-electron chi connectivity index (χ1n) is 7.43. The summed E-state index contributed by atoms with van der Waals surface area (Å²) in [6.45, 7) is 0.663. The predicted octanol–water partition coefficient (Wildman–Crippen LogP) is 3.17. The fourth-order valence-corrected chi connectivity index (χ4v) is 4.17. The fraction of sp³-hybridized carbons (Fsp3) is 0.375. The third-order valence-corrected chi connectivity index (χ3v) is 5.30. The smallest absolute Gasteiger partial charge is 0.235 e. The number of nitrogens with one attached hydrogen (secondary N) is 2. The first-order valence-corrected chi connectivity index (χ1v) is 8.25. The third kappa shape index (κ3) is 2.31. The van der Waals surface area contributed by atoms with E-state index >= 15 is 0 Å². The van der Waals surface area contributed by atoms with Gasteiger partial charge in [-0.15, -0.1) is 11.3 Å². The number of fused-ring (bicyclic) bond motifs is 2. The quantitative estimate of drug-likeness (QED) is 0.895. The van der Waals surface area contributed by atoms with Crippen LogP contribution in [0.25, 0.3) is 0 Å². The molecule has 4 rings (SSSR count). The van der Waals surface area contributed by atoms with Crippen molar-refractivity contribution in [1.82, 2.24) is 4.98 Å². The minimum Gasteiger partial charge on any atom is -0.384 e. The van der Waals surface area contributed by atoms with Crippen molar-refractivity contribution >= 4 is 28.1 Å². The van der Waals surface area contributed by atoms with Gasteiger partial charge in [0.2, 0.25) is 5.91 Å². The Morgan fingerprint density at radius 3 is 3.05 bits per heavy atom. The Balaban J connectivity index is 1.53. The summed E-state index contributed by atoms with van der Waals surface area (Å²) in [6, 6.07) is 8.01. The van der Waals surface area contributed by atoms with E-state index in [4.69, 9.17) is 0 Å². The molecule has 2 heterocycles. The fourth-order valence-electron chi connectivity index (χ4n) is 3.12.